The van der Waals surface area contributed by atoms with Crippen LogP contribution in [0, 0.1) is 28.1 Å². The van der Waals surface area contributed by atoms with Crippen LogP contribution in [0.4, 0.5) is 0 Å². The highest BCUT2D eigenvalue weighted by atomic mass is 16.7. The number of epoxide rings is 1. The standard InChI is InChI=1S/C28H32O10/c1-13(29)35-18-19-24(2,3)37-16-10-17(30)34-12-27(16,19)15-6-8-25(4)21(14-7-9-33-11-14)36-23(32)22-28(25,38-22)26(15,5)20(18)31/h7,9,11,15-16,18-19,21-22H,6,8,10,12H2,1-5H3/t15-,16-,18-,19+,21-,22-,25-,26-,27-,28+/m0/s1. The summed E-state index contributed by atoms with van der Waals surface area (Å²) in [4.78, 5) is 53.0. The Kier molecular flexibility index (Phi) is 4.53. The number of carbonyl (C=O) groups excluding carboxylic acids is 4. The molecule has 2 saturated carbocycles. The summed E-state index contributed by atoms with van der Waals surface area (Å²) >= 11 is 0. The number of ketones is 1. The van der Waals surface area contributed by atoms with Gasteiger partial charge in [-0.1, -0.05) is 6.92 Å². The van der Waals surface area contributed by atoms with E-state index < -0.39 is 69.7 Å². The lowest BCUT2D eigenvalue weighted by Gasteiger charge is -2.65. The molecule has 4 saturated heterocycles. The molecule has 1 aromatic heterocycles. The van der Waals surface area contributed by atoms with Crippen LogP contribution in [0.3, 0.4) is 0 Å². The Labute approximate surface area is 219 Å². The fourth-order valence-corrected chi connectivity index (χ4v) is 9.78. The number of fused-ring (bicyclic) bond motifs is 1. The van der Waals surface area contributed by atoms with Gasteiger partial charge in [-0.2, -0.15) is 0 Å². The SMILES string of the molecule is CC(=O)O[C@@H]1C(=O)[C@]2(C)[C@H](CC[C@@]3(C)[C@H](c4ccoc4)OC(=O)[C@@H]4O[C@]432)[C@@]23COC(=O)C[C@@H]2OC(C)(C)[C@@H]13. The first-order valence-corrected chi connectivity index (χ1v) is 13.3. The third kappa shape index (κ3) is 2.48. The molecule has 7 rings (SSSR count). The van der Waals surface area contributed by atoms with Crippen molar-refractivity contribution in [3.05, 3.63) is 24.2 Å². The van der Waals surface area contributed by atoms with Crippen LogP contribution < -0.4 is 0 Å². The van der Waals surface area contributed by atoms with E-state index in [0.717, 1.165) is 0 Å². The third-order valence-corrected chi connectivity index (χ3v) is 11.0. The van der Waals surface area contributed by atoms with Gasteiger partial charge in [0, 0.05) is 29.2 Å². The van der Waals surface area contributed by atoms with E-state index in [9.17, 15) is 19.2 Å². The molecule has 1 aromatic rings. The van der Waals surface area contributed by atoms with E-state index in [0.29, 0.717) is 18.4 Å². The Morgan fingerprint density at radius 2 is 1.84 bits per heavy atom. The summed E-state index contributed by atoms with van der Waals surface area (Å²) in [5.41, 5.74) is -4.21. The maximum absolute atomic E-state index is 14.8. The minimum atomic E-state index is -1.26. The summed E-state index contributed by atoms with van der Waals surface area (Å²) in [7, 11) is 0. The molecule has 204 valence electrons. The summed E-state index contributed by atoms with van der Waals surface area (Å²) in [6, 6.07) is 1.76. The molecule has 0 radical (unpaired) electrons. The van der Waals surface area contributed by atoms with E-state index in [-0.39, 0.29) is 30.7 Å². The van der Waals surface area contributed by atoms with Crippen LogP contribution >= 0.6 is 0 Å². The number of cyclic esters (lactones) is 2. The number of carbonyl (C=O) groups is 4. The van der Waals surface area contributed by atoms with Crippen LogP contribution in [0.15, 0.2) is 23.0 Å². The Morgan fingerprint density at radius 1 is 1.08 bits per heavy atom. The smallest absolute Gasteiger partial charge is 0.339 e. The number of hydrogen-bond donors (Lipinski definition) is 0. The molecule has 2 spiro atoms. The van der Waals surface area contributed by atoms with Gasteiger partial charge >= 0.3 is 17.9 Å². The molecule has 6 fully saturated rings. The minimum Gasteiger partial charge on any atom is -0.472 e. The van der Waals surface area contributed by atoms with Gasteiger partial charge in [-0.05, 0) is 45.6 Å². The predicted molar refractivity (Wildman–Crippen MR) is 125 cm³/mol. The molecule has 10 heteroatoms. The van der Waals surface area contributed by atoms with Crippen LogP contribution in [-0.4, -0.2) is 59.8 Å². The molecule has 10 nitrogen and oxygen atoms in total. The van der Waals surface area contributed by atoms with Gasteiger partial charge in [0.25, 0.3) is 0 Å². The maximum Gasteiger partial charge on any atom is 0.339 e. The van der Waals surface area contributed by atoms with Crippen LogP contribution in [0.2, 0.25) is 0 Å². The largest absolute Gasteiger partial charge is 0.472 e. The number of rotatable bonds is 2. The maximum atomic E-state index is 14.8. The molecule has 6 aliphatic rings. The highest BCUT2D eigenvalue weighted by Crippen LogP contribution is 2.79. The highest BCUT2D eigenvalue weighted by molar-refractivity contribution is 5.97. The number of ether oxygens (including phenoxy) is 5. The lowest BCUT2D eigenvalue weighted by Crippen LogP contribution is -2.76. The summed E-state index contributed by atoms with van der Waals surface area (Å²) in [6.07, 6.45) is 0.994. The van der Waals surface area contributed by atoms with Crippen molar-refractivity contribution in [1.82, 2.24) is 0 Å². The predicted octanol–water partition coefficient (Wildman–Crippen LogP) is 2.68. The molecule has 0 bridgehead atoms. The Hall–Kier alpha value is -2.72. The Balaban J connectivity index is 1.45. The van der Waals surface area contributed by atoms with E-state index in [4.69, 9.17) is 28.1 Å². The summed E-state index contributed by atoms with van der Waals surface area (Å²) < 4.78 is 35.7. The second-order valence-electron chi connectivity index (χ2n) is 12.9. The van der Waals surface area contributed by atoms with Crippen molar-refractivity contribution in [3.63, 3.8) is 0 Å². The normalized spacial score (nSPS) is 49.9. The molecular weight excluding hydrogens is 496 g/mol. The quantitative estimate of drug-likeness (QED) is 0.321. The zero-order valence-corrected chi connectivity index (χ0v) is 22.1. The van der Waals surface area contributed by atoms with E-state index in [2.05, 4.69) is 0 Å². The highest BCUT2D eigenvalue weighted by Gasteiger charge is 2.91. The zero-order chi connectivity index (χ0) is 27.0. The summed E-state index contributed by atoms with van der Waals surface area (Å²) in [6.45, 7) is 8.93. The van der Waals surface area contributed by atoms with Crippen molar-refractivity contribution in [1.29, 1.82) is 0 Å². The van der Waals surface area contributed by atoms with Gasteiger partial charge in [-0.15, -0.1) is 0 Å². The molecule has 0 amide bonds. The first-order valence-electron chi connectivity index (χ1n) is 13.3. The molecule has 2 aliphatic carbocycles. The van der Waals surface area contributed by atoms with Gasteiger partial charge in [0.1, 0.15) is 18.3 Å². The molecule has 5 heterocycles. The topological polar surface area (TPSA) is 131 Å². The third-order valence-electron chi connectivity index (χ3n) is 11.0. The van der Waals surface area contributed by atoms with Crippen LogP contribution in [0.25, 0.3) is 0 Å². The van der Waals surface area contributed by atoms with Crippen LogP contribution in [-0.2, 0) is 42.9 Å². The van der Waals surface area contributed by atoms with Crippen molar-refractivity contribution in [2.24, 2.45) is 28.1 Å². The van der Waals surface area contributed by atoms with Crippen LogP contribution in [0.5, 0.6) is 0 Å². The van der Waals surface area contributed by atoms with Gasteiger partial charge in [-0.25, -0.2) is 4.79 Å². The van der Waals surface area contributed by atoms with Crippen molar-refractivity contribution in [2.45, 2.75) is 89.5 Å². The molecule has 10 atom stereocenters. The first-order chi connectivity index (χ1) is 17.8. The molecule has 0 unspecified atom stereocenters. The Bertz CT molecular complexity index is 1270. The first kappa shape index (κ1) is 24.3. The Morgan fingerprint density at radius 3 is 2.53 bits per heavy atom. The molecule has 4 aliphatic heterocycles. The van der Waals surface area contributed by atoms with E-state index >= 15 is 0 Å². The number of Topliss-reactive ketones (excluding diaryl/α,β-unsaturated/α-hetero) is 1. The summed E-state index contributed by atoms with van der Waals surface area (Å²) in [5.74, 6) is -2.65. The summed E-state index contributed by atoms with van der Waals surface area (Å²) in [5, 5.41) is 0. The zero-order valence-electron chi connectivity index (χ0n) is 22.1. The lowest BCUT2D eigenvalue weighted by molar-refractivity contribution is -0.240. The van der Waals surface area contributed by atoms with Gasteiger partial charge in [0.05, 0.1) is 36.1 Å². The van der Waals surface area contributed by atoms with E-state index in [1.807, 2.05) is 27.7 Å². The average Bonchev–Trinajstić information content (AvgIpc) is 3.31. The number of hydrogen-bond acceptors (Lipinski definition) is 10. The number of esters is 3. The monoisotopic (exact) mass is 528 g/mol. The number of furan rings is 1. The van der Waals surface area contributed by atoms with Crippen molar-refractivity contribution < 1.29 is 47.3 Å². The molecule has 0 N–H and O–H groups in total. The fourth-order valence-electron chi connectivity index (χ4n) is 9.78. The fraction of sp³-hybridized carbons (Fsp3) is 0.714. The van der Waals surface area contributed by atoms with Gasteiger partial charge in [0.2, 0.25) is 0 Å². The van der Waals surface area contributed by atoms with Gasteiger partial charge in [-0.3, -0.25) is 14.4 Å². The lowest BCUT2D eigenvalue weighted by atomic mass is 9.36. The minimum absolute atomic E-state index is 0.0434. The van der Waals surface area contributed by atoms with Gasteiger partial charge < -0.3 is 28.1 Å². The van der Waals surface area contributed by atoms with Crippen molar-refractivity contribution >= 4 is 23.7 Å². The average molecular weight is 529 g/mol. The van der Waals surface area contributed by atoms with Crippen LogP contribution in [0.1, 0.15) is 65.5 Å². The van der Waals surface area contributed by atoms with E-state index in [1.165, 1.54) is 13.2 Å². The second-order valence-corrected chi connectivity index (χ2v) is 12.9. The second kappa shape index (κ2) is 7.07. The molecular formula is C28H32O10. The van der Waals surface area contributed by atoms with E-state index in [1.54, 1.807) is 12.3 Å². The van der Waals surface area contributed by atoms with Crippen molar-refractivity contribution in [3.8, 4) is 0 Å². The van der Waals surface area contributed by atoms with Gasteiger partial charge in [0.15, 0.2) is 18.0 Å². The molecule has 0 aromatic carbocycles. The van der Waals surface area contributed by atoms with Crippen molar-refractivity contribution in [2.75, 3.05) is 6.61 Å². The molecule has 38 heavy (non-hydrogen) atoms.